The van der Waals surface area contributed by atoms with Crippen LogP contribution < -0.4 is 5.32 Å². The van der Waals surface area contributed by atoms with Gasteiger partial charge in [-0.15, -0.1) is 0 Å². The largest absolute Gasteiger partial charge is 0.383 e. The van der Waals surface area contributed by atoms with E-state index < -0.39 is 0 Å². The second-order valence-electron chi connectivity index (χ2n) is 5.95. The summed E-state index contributed by atoms with van der Waals surface area (Å²) in [5.41, 5.74) is 1.21. The summed E-state index contributed by atoms with van der Waals surface area (Å²) >= 11 is 6.39. The first-order valence-electron chi connectivity index (χ1n) is 7.57. The van der Waals surface area contributed by atoms with Gasteiger partial charge in [0.1, 0.15) is 0 Å². The monoisotopic (exact) mass is 299 g/mol. The molecule has 2 unspecified atom stereocenters. The van der Waals surface area contributed by atoms with Gasteiger partial charge in [0.05, 0.1) is 30.1 Å². The molecule has 114 valence electrons. The Morgan fingerprint density at radius 2 is 2.30 bits per heavy atom. The van der Waals surface area contributed by atoms with Crippen LogP contribution >= 0.6 is 11.6 Å². The zero-order chi connectivity index (χ0) is 14.5. The third-order valence-electron chi connectivity index (χ3n) is 4.14. The second kappa shape index (κ2) is 7.43. The number of methoxy groups -OCH3 is 1. The molecule has 0 radical (unpaired) electrons. The number of nitrogens with zero attached hydrogens (tertiary/aromatic N) is 2. The van der Waals surface area contributed by atoms with Gasteiger partial charge in [0.15, 0.2) is 0 Å². The highest BCUT2D eigenvalue weighted by Crippen LogP contribution is 2.41. The Labute approximate surface area is 126 Å². The fraction of sp³-hybridized carbons (Fsp3) is 0.800. The lowest BCUT2D eigenvalue weighted by Gasteiger charge is -2.23. The standard InChI is InChI=1S/C15H26ClN3O/c1-11(2)17-9-12-5-4-6-13(12)15-14(16)10-18-19(15)7-8-20-3/h10-13,17H,4-9H2,1-3H3. The highest BCUT2D eigenvalue weighted by molar-refractivity contribution is 6.31. The number of rotatable bonds is 7. The molecule has 0 amide bonds. The minimum atomic E-state index is 0.521. The summed E-state index contributed by atoms with van der Waals surface area (Å²) in [7, 11) is 1.72. The highest BCUT2D eigenvalue weighted by atomic mass is 35.5. The first-order valence-corrected chi connectivity index (χ1v) is 7.94. The lowest BCUT2D eigenvalue weighted by Crippen LogP contribution is -2.30. The lowest BCUT2D eigenvalue weighted by atomic mass is 9.92. The van der Waals surface area contributed by atoms with E-state index >= 15 is 0 Å². The summed E-state index contributed by atoms with van der Waals surface area (Å²) in [6, 6.07) is 0.533. The first-order chi connectivity index (χ1) is 9.63. The van der Waals surface area contributed by atoms with Crippen LogP contribution in [-0.4, -0.2) is 36.1 Å². The van der Waals surface area contributed by atoms with Crippen molar-refractivity contribution in [1.29, 1.82) is 0 Å². The number of nitrogens with one attached hydrogen (secondary N) is 1. The van der Waals surface area contributed by atoms with Crippen LogP contribution in [0.5, 0.6) is 0 Å². The van der Waals surface area contributed by atoms with Crippen LogP contribution in [0.3, 0.4) is 0 Å². The minimum absolute atomic E-state index is 0.521. The van der Waals surface area contributed by atoms with Crippen LogP contribution in [0.1, 0.15) is 44.7 Å². The Hall–Kier alpha value is -0.580. The van der Waals surface area contributed by atoms with E-state index in [1.807, 2.05) is 4.68 Å². The van der Waals surface area contributed by atoms with Crippen molar-refractivity contribution in [2.45, 2.75) is 51.6 Å². The van der Waals surface area contributed by atoms with Crippen LogP contribution in [0, 0.1) is 5.92 Å². The predicted octanol–water partition coefficient (Wildman–Crippen LogP) is 3.06. The van der Waals surface area contributed by atoms with E-state index in [9.17, 15) is 0 Å². The SMILES string of the molecule is COCCn1ncc(Cl)c1C1CCCC1CNC(C)C. The zero-order valence-corrected chi connectivity index (χ0v) is 13.5. The summed E-state index contributed by atoms with van der Waals surface area (Å²) in [5, 5.41) is 8.78. The molecule has 4 nitrogen and oxygen atoms in total. The molecule has 5 heteroatoms. The Balaban J connectivity index is 2.10. The number of ether oxygens (including phenoxy) is 1. The van der Waals surface area contributed by atoms with Crippen molar-refractivity contribution in [1.82, 2.24) is 15.1 Å². The third-order valence-corrected chi connectivity index (χ3v) is 4.43. The summed E-state index contributed by atoms with van der Waals surface area (Å²) in [5.74, 6) is 1.18. The average molecular weight is 300 g/mol. The Morgan fingerprint density at radius 3 is 3.00 bits per heavy atom. The first kappa shape index (κ1) is 15.8. The molecule has 1 N–H and O–H groups in total. The van der Waals surface area contributed by atoms with Crippen LogP contribution in [-0.2, 0) is 11.3 Å². The zero-order valence-electron chi connectivity index (χ0n) is 12.7. The van der Waals surface area contributed by atoms with Gasteiger partial charge in [-0.2, -0.15) is 5.10 Å². The molecule has 0 aromatic carbocycles. The molecule has 1 fully saturated rings. The number of aromatic nitrogens is 2. The van der Waals surface area contributed by atoms with Crippen LogP contribution in [0.25, 0.3) is 0 Å². The fourth-order valence-corrected chi connectivity index (χ4v) is 3.41. The lowest BCUT2D eigenvalue weighted by molar-refractivity contribution is 0.181. The number of halogens is 1. The number of hydrogen-bond acceptors (Lipinski definition) is 3. The van der Waals surface area contributed by atoms with Crippen molar-refractivity contribution in [3.8, 4) is 0 Å². The van der Waals surface area contributed by atoms with Crippen molar-refractivity contribution in [2.24, 2.45) is 5.92 Å². The van der Waals surface area contributed by atoms with E-state index in [2.05, 4.69) is 24.3 Å². The van der Waals surface area contributed by atoms with Gasteiger partial charge in [0, 0.05) is 19.1 Å². The second-order valence-corrected chi connectivity index (χ2v) is 6.36. The van der Waals surface area contributed by atoms with Crippen molar-refractivity contribution < 1.29 is 4.74 Å². The van der Waals surface area contributed by atoms with Crippen LogP contribution in [0.4, 0.5) is 0 Å². The molecular weight excluding hydrogens is 274 g/mol. The normalized spacial score (nSPS) is 22.9. The van der Waals surface area contributed by atoms with Crippen LogP contribution in [0.15, 0.2) is 6.20 Å². The maximum Gasteiger partial charge on any atom is 0.0820 e. The molecule has 0 aliphatic heterocycles. The Bertz CT molecular complexity index is 419. The third kappa shape index (κ3) is 3.74. The molecule has 2 rings (SSSR count). The van der Waals surface area contributed by atoms with Crippen molar-refractivity contribution in [3.05, 3.63) is 16.9 Å². The Kier molecular flexibility index (Phi) is 5.87. The molecule has 1 aromatic rings. The smallest absolute Gasteiger partial charge is 0.0820 e. The van der Waals surface area contributed by atoms with Gasteiger partial charge >= 0.3 is 0 Å². The van der Waals surface area contributed by atoms with Gasteiger partial charge in [-0.25, -0.2) is 0 Å². The summed E-state index contributed by atoms with van der Waals surface area (Å²) < 4.78 is 7.19. The highest BCUT2D eigenvalue weighted by Gasteiger charge is 2.32. The summed E-state index contributed by atoms with van der Waals surface area (Å²) in [6.45, 7) is 6.90. The van der Waals surface area contributed by atoms with E-state index in [4.69, 9.17) is 16.3 Å². The molecule has 0 spiro atoms. The molecule has 1 aliphatic rings. The van der Waals surface area contributed by atoms with E-state index in [0.29, 0.717) is 24.5 Å². The summed E-state index contributed by atoms with van der Waals surface area (Å²) in [4.78, 5) is 0. The summed E-state index contributed by atoms with van der Waals surface area (Å²) in [6.07, 6.45) is 5.54. The molecule has 0 bridgehead atoms. The molecule has 1 saturated carbocycles. The molecule has 1 aromatic heterocycles. The van der Waals surface area contributed by atoms with Crippen molar-refractivity contribution >= 4 is 11.6 Å². The minimum Gasteiger partial charge on any atom is -0.383 e. The molecule has 20 heavy (non-hydrogen) atoms. The van der Waals surface area contributed by atoms with E-state index in [1.165, 1.54) is 25.0 Å². The van der Waals surface area contributed by atoms with Gasteiger partial charge in [0.2, 0.25) is 0 Å². The van der Waals surface area contributed by atoms with E-state index in [0.717, 1.165) is 18.1 Å². The fourth-order valence-electron chi connectivity index (χ4n) is 3.12. The average Bonchev–Trinajstić information content (AvgIpc) is 3.00. The molecule has 2 atom stereocenters. The van der Waals surface area contributed by atoms with Gasteiger partial charge < -0.3 is 10.1 Å². The van der Waals surface area contributed by atoms with Gasteiger partial charge in [-0.05, 0) is 25.3 Å². The van der Waals surface area contributed by atoms with Gasteiger partial charge in [-0.1, -0.05) is 31.9 Å². The van der Waals surface area contributed by atoms with E-state index in [-0.39, 0.29) is 0 Å². The van der Waals surface area contributed by atoms with Gasteiger partial charge in [-0.3, -0.25) is 4.68 Å². The van der Waals surface area contributed by atoms with Crippen molar-refractivity contribution in [2.75, 3.05) is 20.3 Å². The van der Waals surface area contributed by atoms with Crippen LogP contribution in [0.2, 0.25) is 5.02 Å². The molecule has 0 saturated heterocycles. The maximum atomic E-state index is 6.39. The molecule has 1 aliphatic carbocycles. The maximum absolute atomic E-state index is 6.39. The van der Waals surface area contributed by atoms with E-state index in [1.54, 1.807) is 13.3 Å². The Morgan fingerprint density at radius 1 is 1.50 bits per heavy atom. The predicted molar refractivity (Wildman–Crippen MR) is 82.3 cm³/mol. The number of hydrogen-bond donors (Lipinski definition) is 1. The quantitative estimate of drug-likeness (QED) is 0.841. The van der Waals surface area contributed by atoms with Crippen molar-refractivity contribution in [3.63, 3.8) is 0 Å². The van der Waals surface area contributed by atoms with Gasteiger partial charge in [0.25, 0.3) is 0 Å². The topological polar surface area (TPSA) is 39.1 Å². The molecule has 1 heterocycles. The molecular formula is C15H26ClN3O.